The Morgan fingerprint density at radius 1 is 1.32 bits per heavy atom. The molecule has 0 aliphatic rings. The van der Waals surface area contributed by atoms with Gasteiger partial charge in [0.25, 0.3) is 0 Å². The normalized spacial score (nSPS) is 13.8. The van der Waals surface area contributed by atoms with Crippen molar-refractivity contribution in [2.24, 2.45) is 0 Å². The van der Waals surface area contributed by atoms with Crippen molar-refractivity contribution in [1.82, 2.24) is 0 Å². The van der Waals surface area contributed by atoms with Crippen LogP contribution in [-0.4, -0.2) is 13.2 Å². The molecule has 1 rings (SSSR count). The molecule has 3 nitrogen and oxygen atoms in total. The summed E-state index contributed by atoms with van der Waals surface area (Å²) in [4.78, 5) is 0. The molecule has 0 aromatic heterocycles. The summed E-state index contributed by atoms with van der Waals surface area (Å²) in [6.07, 6.45) is 5.97. The maximum absolute atomic E-state index is 12.5. The lowest BCUT2D eigenvalue weighted by molar-refractivity contribution is 0.220. The molecule has 0 spiro atoms. The van der Waals surface area contributed by atoms with Crippen molar-refractivity contribution in [3.63, 3.8) is 0 Å². The number of halogens is 2. The Kier molecular flexibility index (Phi) is 6.93. The van der Waals surface area contributed by atoms with Crippen LogP contribution in [0.1, 0.15) is 18.9 Å². The van der Waals surface area contributed by atoms with Crippen LogP contribution in [0.3, 0.4) is 0 Å². The van der Waals surface area contributed by atoms with Gasteiger partial charge in [-0.2, -0.15) is 0 Å². The highest BCUT2D eigenvalue weighted by atomic mass is 35.5. The van der Waals surface area contributed by atoms with Gasteiger partial charge in [0.2, 0.25) is 0 Å². The molecule has 0 heterocycles. The van der Waals surface area contributed by atoms with Crippen molar-refractivity contribution in [1.29, 1.82) is 0 Å². The highest BCUT2D eigenvalue weighted by Crippen LogP contribution is 2.51. The fraction of sp³-hybridized carbons (Fsp3) is 0.385. The summed E-state index contributed by atoms with van der Waals surface area (Å²) in [5.74, 6) is 2.28. The van der Waals surface area contributed by atoms with Gasteiger partial charge in [-0.05, 0) is 24.1 Å². The summed E-state index contributed by atoms with van der Waals surface area (Å²) in [7, 11) is -3.25. The Labute approximate surface area is 123 Å². The lowest BCUT2D eigenvalue weighted by Crippen LogP contribution is -2.01. The average Bonchev–Trinajstić information content (AvgIpc) is 2.39. The predicted molar refractivity (Wildman–Crippen MR) is 78.8 cm³/mol. The molecule has 0 amide bonds. The second-order valence-electron chi connectivity index (χ2n) is 3.83. The summed E-state index contributed by atoms with van der Waals surface area (Å²) < 4.78 is 23.0. The number of rotatable bonds is 7. The monoisotopic (exact) mass is 320 g/mol. The van der Waals surface area contributed by atoms with E-state index in [2.05, 4.69) is 5.92 Å². The van der Waals surface area contributed by atoms with Gasteiger partial charge in [0.15, 0.2) is 0 Å². The maximum Gasteiger partial charge on any atom is 0.335 e. The fourth-order valence-corrected chi connectivity index (χ4v) is 3.31. The lowest BCUT2D eigenvalue weighted by atomic mass is 10.2. The van der Waals surface area contributed by atoms with Crippen LogP contribution in [0, 0.1) is 12.3 Å². The Morgan fingerprint density at radius 3 is 2.63 bits per heavy atom. The van der Waals surface area contributed by atoms with E-state index in [9.17, 15) is 4.57 Å². The van der Waals surface area contributed by atoms with Crippen LogP contribution in [0.2, 0.25) is 10.0 Å². The van der Waals surface area contributed by atoms with Gasteiger partial charge < -0.3 is 4.52 Å². The van der Waals surface area contributed by atoms with Gasteiger partial charge in [-0.3, -0.25) is 9.09 Å². The summed E-state index contributed by atoms with van der Waals surface area (Å²) in [5, 5.41) is 0.845. The fourth-order valence-electron chi connectivity index (χ4n) is 1.36. The SMILES string of the molecule is C#CCOP(=O)(Cc1ccc(Cl)c(Cl)c1)OCCC. The molecule has 0 saturated heterocycles. The third kappa shape index (κ3) is 5.57. The Morgan fingerprint density at radius 2 is 2.05 bits per heavy atom. The molecule has 0 fully saturated rings. The van der Waals surface area contributed by atoms with Crippen LogP contribution in [0.4, 0.5) is 0 Å². The van der Waals surface area contributed by atoms with Crippen LogP contribution in [0.15, 0.2) is 18.2 Å². The van der Waals surface area contributed by atoms with Gasteiger partial charge >= 0.3 is 7.60 Å². The third-order valence-electron chi connectivity index (χ3n) is 2.20. The molecular formula is C13H15Cl2O3P. The highest BCUT2D eigenvalue weighted by molar-refractivity contribution is 7.53. The summed E-state index contributed by atoms with van der Waals surface area (Å²) in [6, 6.07) is 5.02. The Bertz CT molecular complexity index is 511. The van der Waals surface area contributed by atoms with Crippen molar-refractivity contribution in [3.8, 4) is 12.3 Å². The van der Waals surface area contributed by atoms with Gasteiger partial charge in [-0.25, -0.2) is 0 Å². The molecule has 19 heavy (non-hydrogen) atoms. The van der Waals surface area contributed by atoms with E-state index in [0.717, 1.165) is 12.0 Å². The van der Waals surface area contributed by atoms with E-state index in [-0.39, 0.29) is 12.8 Å². The first-order valence-corrected chi connectivity index (χ1v) is 8.24. The topological polar surface area (TPSA) is 35.5 Å². The minimum atomic E-state index is -3.25. The van der Waals surface area contributed by atoms with Crippen molar-refractivity contribution < 1.29 is 13.6 Å². The minimum absolute atomic E-state index is 0.0533. The number of terminal acetylenes is 1. The van der Waals surface area contributed by atoms with Gasteiger partial charge in [0.1, 0.15) is 6.61 Å². The molecule has 104 valence electrons. The number of benzene rings is 1. The van der Waals surface area contributed by atoms with E-state index < -0.39 is 7.60 Å². The zero-order valence-electron chi connectivity index (χ0n) is 10.6. The highest BCUT2D eigenvalue weighted by Gasteiger charge is 2.25. The molecule has 1 unspecified atom stereocenters. The van der Waals surface area contributed by atoms with Crippen molar-refractivity contribution in [2.45, 2.75) is 19.5 Å². The van der Waals surface area contributed by atoms with Crippen LogP contribution in [0.25, 0.3) is 0 Å². The molecule has 1 aromatic rings. The summed E-state index contributed by atoms with van der Waals surface area (Å²) in [5.41, 5.74) is 0.728. The first-order valence-electron chi connectivity index (χ1n) is 5.76. The second kappa shape index (κ2) is 7.94. The van der Waals surface area contributed by atoms with Crippen LogP contribution in [0.5, 0.6) is 0 Å². The first-order chi connectivity index (χ1) is 9.00. The zero-order chi connectivity index (χ0) is 14.3. The lowest BCUT2D eigenvalue weighted by Gasteiger charge is -2.17. The third-order valence-corrected chi connectivity index (χ3v) is 4.79. The summed E-state index contributed by atoms with van der Waals surface area (Å²) >= 11 is 11.7. The predicted octanol–water partition coefficient (Wildman–Crippen LogP) is 4.76. The molecule has 6 heteroatoms. The molecular weight excluding hydrogens is 306 g/mol. The molecule has 0 bridgehead atoms. The molecule has 0 aliphatic heterocycles. The van der Waals surface area contributed by atoms with E-state index in [1.54, 1.807) is 18.2 Å². The Balaban J connectivity index is 2.84. The quantitative estimate of drug-likeness (QED) is 0.536. The largest absolute Gasteiger partial charge is 0.335 e. The van der Waals surface area contributed by atoms with E-state index in [4.69, 9.17) is 38.7 Å². The second-order valence-corrected chi connectivity index (χ2v) is 6.70. The molecule has 0 saturated carbocycles. The van der Waals surface area contributed by atoms with Crippen LogP contribution in [-0.2, 0) is 19.8 Å². The van der Waals surface area contributed by atoms with E-state index in [1.165, 1.54) is 0 Å². The number of hydrogen-bond acceptors (Lipinski definition) is 3. The zero-order valence-corrected chi connectivity index (χ0v) is 13.0. The molecule has 1 atom stereocenters. The standard InChI is InChI=1S/C13H15Cl2O3P/c1-3-7-17-19(16,18-8-4-2)10-11-5-6-12(14)13(15)9-11/h1,5-6,9H,4,7-8,10H2,2H3. The van der Waals surface area contributed by atoms with Crippen LogP contribution < -0.4 is 0 Å². The molecule has 0 N–H and O–H groups in total. The Hall–Kier alpha value is -0.490. The first kappa shape index (κ1) is 16.6. The van der Waals surface area contributed by atoms with E-state index in [1.807, 2.05) is 6.92 Å². The summed E-state index contributed by atoms with van der Waals surface area (Å²) in [6.45, 7) is 2.22. The minimum Gasteiger partial charge on any atom is -0.308 e. The smallest absolute Gasteiger partial charge is 0.308 e. The van der Waals surface area contributed by atoms with Gasteiger partial charge in [-0.1, -0.05) is 42.1 Å². The van der Waals surface area contributed by atoms with Gasteiger partial charge in [0.05, 0.1) is 22.8 Å². The van der Waals surface area contributed by atoms with Gasteiger partial charge in [-0.15, -0.1) is 6.42 Å². The number of hydrogen-bond donors (Lipinski definition) is 0. The molecule has 1 aromatic carbocycles. The van der Waals surface area contributed by atoms with Gasteiger partial charge in [0, 0.05) is 0 Å². The van der Waals surface area contributed by atoms with Crippen molar-refractivity contribution in [3.05, 3.63) is 33.8 Å². The van der Waals surface area contributed by atoms with E-state index in [0.29, 0.717) is 16.7 Å². The molecule has 0 radical (unpaired) electrons. The van der Waals surface area contributed by atoms with Crippen molar-refractivity contribution in [2.75, 3.05) is 13.2 Å². The van der Waals surface area contributed by atoms with E-state index >= 15 is 0 Å². The van der Waals surface area contributed by atoms with Crippen LogP contribution >= 0.6 is 30.8 Å². The molecule has 0 aliphatic carbocycles. The average molecular weight is 321 g/mol. The maximum atomic E-state index is 12.5. The van der Waals surface area contributed by atoms with Crippen molar-refractivity contribution >= 4 is 30.8 Å².